The van der Waals surface area contributed by atoms with Gasteiger partial charge in [0.2, 0.25) is 15.9 Å². The molecule has 2 aromatic carbocycles. The molecule has 0 aromatic heterocycles. The van der Waals surface area contributed by atoms with E-state index < -0.39 is 19.9 Å². The van der Waals surface area contributed by atoms with Gasteiger partial charge in [-0.05, 0) is 55.3 Å². The van der Waals surface area contributed by atoms with Crippen molar-refractivity contribution in [1.82, 2.24) is 4.31 Å². The normalized spacial score (nSPS) is 16.5. The Hall–Kier alpha value is -1.94. The van der Waals surface area contributed by atoms with Crippen LogP contribution in [0.3, 0.4) is 0 Å². The molecular formula is C19H21ClN2O5S2. The van der Waals surface area contributed by atoms with E-state index in [0.29, 0.717) is 23.6 Å². The minimum absolute atomic E-state index is 0.0456. The summed E-state index contributed by atoms with van der Waals surface area (Å²) in [6.45, 7) is 0.369. The molecule has 10 heteroatoms. The lowest BCUT2D eigenvalue weighted by Gasteiger charge is -2.30. The van der Waals surface area contributed by atoms with Crippen molar-refractivity contribution in [2.45, 2.75) is 22.6 Å². The van der Waals surface area contributed by atoms with Crippen molar-refractivity contribution in [2.24, 2.45) is 5.92 Å². The topological polar surface area (TPSA) is 101 Å². The first-order chi connectivity index (χ1) is 13.6. The molecule has 156 valence electrons. The van der Waals surface area contributed by atoms with E-state index in [4.69, 9.17) is 11.6 Å². The predicted octanol–water partition coefficient (Wildman–Crippen LogP) is 2.78. The lowest BCUT2D eigenvalue weighted by Crippen LogP contribution is -2.41. The molecule has 1 heterocycles. The molecule has 1 aliphatic rings. The number of carbonyl (C=O) groups is 1. The third-order valence-corrected chi connectivity index (χ3v) is 8.06. The first kappa shape index (κ1) is 21.8. The second-order valence-electron chi connectivity index (χ2n) is 6.92. The molecule has 1 saturated heterocycles. The summed E-state index contributed by atoms with van der Waals surface area (Å²) in [5.41, 5.74) is 0.632. The zero-order chi connectivity index (χ0) is 21.2. The summed E-state index contributed by atoms with van der Waals surface area (Å²) in [7, 11) is -7.35. The number of amides is 1. The summed E-state index contributed by atoms with van der Waals surface area (Å²) < 4.78 is 50.5. The molecule has 1 fully saturated rings. The summed E-state index contributed by atoms with van der Waals surface area (Å²) in [6, 6.07) is 12.1. The van der Waals surface area contributed by atoms with E-state index in [2.05, 4.69) is 5.32 Å². The van der Waals surface area contributed by atoms with Gasteiger partial charge in [0.25, 0.3) is 0 Å². The summed E-state index contributed by atoms with van der Waals surface area (Å²) in [6.07, 6.45) is 1.79. The monoisotopic (exact) mass is 456 g/mol. The average molecular weight is 457 g/mol. The molecule has 0 radical (unpaired) electrons. The number of nitrogens with zero attached hydrogens (tertiary/aromatic N) is 1. The van der Waals surface area contributed by atoms with Gasteiger partial charge in [-0.25, -0.2) is 16.8 Å². The van der Waals surface area contributed by atoms with Gasteiger partial charge in [-0.1, -0.05) is 17.7 Å². The summed E-state index contributed by atoms with van der Waals surface area (Å²) in [5.74, 6) is -0.470. The Bertz CT molecular complexity index is 1110. The molecule has 7 nitrogen and oxygen atoms in total. The van der Waals surface area contributed by atoms with E-state index in [1.807, 2.05) is 0 Å². The molecule has 29 heavy (non-hydrogen) atoms. The molecule has 1 aliphatic heterocycles. The van der Waals surface area contributed by atoms with Crippen LogP contribution in [0.25, 0.3) is 0 Å². The van der Waals surface area contributed by atoms with Crippen LogP contribution in [0.15, 0.2) is 58.3 Å². The second kappa shape index (κ2) is 8.43. The number of anilines is 1. The minimum atomic E-state index is -3.84. The number of nitrogens with one attached hydrogen (secondary N) is 1. The van der Waals surface area contributed by atoms with Gasteiger partial charge in [-0.15, -0.1) is 0 Å². The van der Waals surface area contributed by atoms with Crippen LogP contribution in [-0.2, 0) is 24.7 Å². The summed E-state index contributed by atoms with van der Waals surface area (Å²) in [5, 5.41) is 3.39. The zero-order valence-electron chi connectivity index (χ0n) is 15.7. The highest BCUT2D eigenvalue weighted by atomic mass is 35.5. The van der Waals surface area contributed by atoms with Crippen molar-refractivity contribution in [2.75, 3.05) is 24.7 Å². The van der Waals surface area contributed by atoms with E-state index in [0.717, 1.165) is 6.26 Å². The number of hydrogen-bond acceptors (Lipinski definition) is 5. The van der Waals surface area contributed by atoms with Crippen molar-refractivity contribution in [1.29, 1.82) is 0 Å². The van der Waals surface area contributed by atoms with Crippen LogP contribution < -0.4 is 5.32 Å². The van der Waals surface area contributed by atoms with Gasteiger partial charge >= 0.3 is 0 Å². The lowest BCUT2D eigenvalue weighted by molar-refractivity contribution is -0.120. The lowest BCUT2D eigenvalue weighted by atomic mass is 9.97. The maximum Gasteiger partial charge on any atom is 0.243 e. The first-order valence-corrected chi connectivity index (χ1v) is 12.6. The molecule has 0 spiro atoms. The zero-order valence-corrected chi connectivity index (χ0v) is 18.1. The fraction of sp³-hybridized carbons (Fsp3) is 0.316. The highest BCUT2D eigenvalue weighted by Gasteiger charge is 2.32. The maximum absolute atomic E-state index is 12.9. The third kappa shape index (κ3) is 5.16. The molecule has 0 aliphatic carbocycles. The van der Waals surface area contributed by atoms with Gasteiger partial charge in [0.1, 0.15) is 0 Å². The highest BCUT2D eigenvalue weighted by Crippen LogP contribution is 2.26. The van der Waals surface area contributed by atoms with Crippen LogP contribution >= 0.6 is 11.6 Å². The average Bonchev–Trinajstić information content (AvgIpc) is 2.69. The van der Waals surface area contributed by atoms with E-state index >= 15 is 0 Å². The SMILES string of the molecule is CS(=O)(=O)c1cccc(S(=O)(=O)N2CCC(C(=O)Nc3ccc(Cl)cc3)CC2)c1. The number of hydrogen-bond donors (Lipinski definition) is 1. The molecule has 3 rings (SSSR count). The summed E-state index contributed by atoms with van der Waals surface area (Å²) >= 11 is 5.83. The van der Waals surface area contributed by atoms with Gasteiger partial charge in [-0.2, -0.15) is 4.31 Å². The Morgan fingerprint density at radius 2 is 1.59 bits per heavy atom. The van der Waals surface area contributed by atoms with Crippen LogP contribution in [0, 0.1) is 5.92 Å². The van der Waals surface area contributed by atoms with Gasteiger partial charge < -0.3 is 5.32 Å². The van der Waals surface area contributed by atoms with E-state index in [1.165, 1.54) is 28.6 Å². The number of carbonyl (C=O) groups excluding carboxylic acids is 1. The van der Waals surface area contributed by atoms with Crippen LogP contribution in [0.5, 0.6) is 0 Å². The van der Waals surface area contributed by atoms with Gasteiger partial charge in [0, 0.05) is 36.0 Å². The first-order valence-electron chi connectivity index (χ1n) is 8.94. The number of sulfone groups is 1. The quantitative estimate of drug-likeness (QED) is 0.745. The maximum atomic E-state index is 12.9. The summed E-state index contributed by atoms with van der Waals surface area (Å²) in [4.78, 5) is 12.3. The molecular weight excluding hydrogens is 436 g/mol. The van der Waals surface area contributed by atoms with Crippen molar-refractivity contribution < 1.29 is 21.6 Å². The number of rotatable bonds is 5. The molecule has 0 bridgehead atoms. The van der Waals surface area contributed by atoms with Crippen molar-refractivity contribution in [3.63, 3.8) is 0 Å². The molecule has 2 aromatic rings. The Morgan fingerprint density at radius 3 is 2.17 bits per heavy atom. The van der Waals surface area contributed by atoms with E-state index in [-0.39, 0.29) is 34.7 Å². The van der Waals surface area contributed by atoms with Crippen molar-refractivity contribution >= 4 is 43.1 Å². The second-order valence-corrected chi connectivity index (χ2v) is 11.3. The molecule has 0 unspecified atom stereocenters. The Balaban J connectivity index is 1.66. The van der Waals surface area contributed by atoms with Gasteiger partial charge in [-0.3, -0.25) is 4.79 Å². The van der Waals surface area contributed by atoms with Crippen LogP contribution in [0.1, 0.15) is 12.8 Å². The Morgan fingerprint density at radius 1 is 1.00 bits per heavy atom. The van der Waals surface area contributed by atoms with Crippen LogP contribution in [0.4, 0.5) is 5.69 Å². The molecule has 1 amide bonds. The fourth-order valence-corrected chi connectivity index (χ4v) is 5.53. The number of benzene rings is 2. The Labute approximate surface area is 175 Å². The van der Waals surface area contributed by atoms with E-state index in [1.54, 1.807) is 24.3 Å². The number of piperidine rings is 1. The van der Waals surface area contributed by atoms with Gasteiger partial charge in [0.15, 0.2) is 9.84 Å². The Kier molecular flexibility index (Phi) is 6.33. The number of sulfonamides is 1. The molecule has 0 saturated carbocycles. The predicted molar refractivity (Wildman–Crippen MR) is 111 cm³/mol. The third-order valence-electron chi connectivity index (χ3n) is 4.81. The van der Waals surface area contributed by atoms with Crippen molar-refractivity contribution in [3.8, 4) is 0 Å². The molecule has 1 N–H and O–H groups in total. The largest absolute Gasteiger partial charge is 0.326 e. The highest BCUT2D eigenvalue weighted by molar-refractivity contribution is 7.91. The fourth-order valence-electron chi connectivity index (χ4n) is 3.15. The van der Waals surface area contributed by atoms with Crippen LogP contribution in [-0.4, -0.2) is 46.4 Å². The van der Waals surface area contributed by atoms with Crippen molar-refractivity contribution in [3.05, 3.63) is 53.6 Å². The van der Waals surface area contributed by atoms with Crippen LogP contribution in [0.2, 0.25) is 5.02 Å². The molecule has 0 atom stereocenters. The standard InChI is InChI=1S/C19H21ClN2O5S2/c1-28(24,25)17-3-2-4-18(13-17)29(26,27)22-11-9-14(10-12-22)19(23)21-16-7-5-15(20)6-8-16/h2-8,13-14H,9-12H2,1H3,(H,21,23). The smallest absolute Gasteiger partial charge is 0.243 e. The van der Waals surface area contributed by atoms with Gasteiger partial charge in [0.05, 0.1) is 9.79 Å². The minimum Gasteiger partial charge on any atom is -0.326 e. The van der Waals surface area contributed by atoms with E-state index in [9.17, 15) is 21.6 Å². The number of halogens is 1.